The average molecular weight is 543 g/mol. The van der Waals surface area contributed by atoms with Gasteiger partial charge < -0.3 is 5.32 Å². The predicted octanol–water partition coefficient (Wildman–Crippen LogP) is 7.42. The molecule has 202 valence electrons. The van der Waals surface area contributed by atoms with Crippen molar-refractivity contribution >= 4 is 51.7 Å². The van der Waals surface area contributed by atoms with Gasteiger partial charge >= 0.3 is 0 Å². The lowest BCUT2D eigenvalue weighted by atomic mass is 10.1. The van der Waals surface area contributed by atoms with Gasteiger partial charge in [-0.05, 0) is 31.1 Å². The third-order valence-electron chi connectivity index (χ3n) is 6.73. The van der Waals surface area contributed by atoms with E-state index < -0.39 is 0 Å². The second-order valence-corrected chi connectivity index (χ2v) is 11.4. The number of hydrogen-bond donors (Lipinski definition) is 1. The summed E-state index contributed by atoms with van der Waals surface area (Å²) in [5.74, 6) is 0.410. The molecule has 1 N–H and O–H groups in total. The minimum Gasteiger partial charge on any atom is -0.369 e. The molecular formula is C29H42N4O2S2. The first-order valence-electron chi connectivity index (χ1n) is 14.1. The summed E-state index contributed by atoms with van der Waals surface area (Å²) in [4.78, 5) is 33.4. The lowest BCUT2D eigenvalue weighted by Crippen LogP contribution is -2.29. The van der Waals surface area contributed by atoms with Gasteiger partial charge in [0.05, 0.1) is 10.5 Å². The second-order valence-electron chi connectivity index (χ2n) is 9.76. The normalized spacial score (nSPS) is 14.9. The number of pyridine rings is 1. The highest BCUT2D eigenvalue weighted by molar-refractivity contribution is 8.26. The standard InChI is InChI=1S/C29H42N4O2S2/c1-3-5-7-8-9-10-11-12-13-16-21-33-28(35)24(37-29(33)36)22-23-26(30-19-15-6-4-2)31-25-18-14-17-20-32(25)27(23)34/h14,17-18,20,22,30H,3-13,15-16,19,21H2,1-2H3/b24-22+. The summed E-state index contributed by atoms with van der Waals surface area (Å²) in [6.45, 7) is 5.77. The Morgan fingerprint density at radius 2 is 1.57 bits per heavy atom. The number of unbranched alkanes of at least 4 members (excludes halogenated alkanes) is 11. The lowest BCUT2D eigenvalue weighted by Gasteiger charge is -2.14. The lowest BCUT2D eigenvalue weighted by molar-refractivity contribution is -0.122. The van der Waals surface area contributed by atoms with Gasteiger partial charge in [0.1, 0.15) is 15.8 Å². The highest BCUT2D eigenvalue weighted by atomic mass is 32.2. The zero-order valence-electron chi connectivity index (χ0n) is 22.5. The van der Waals surface area contributed by atoms with Gasteiger partial charge in [0.25, 0.3) is 11.5 Å². The molecular weight excluding hydrogens is 500 g/mol. The Labute approximate surface area is 231 Å². The topological polar surface area (TPSA) is 66.7 Å². The Balaban J connectivity index is 1.61. The van der Waals surface area contributed by atoms with Crippen LogP contribution in [0.4, 0.5) is 5.82 Å². The van der Waals surface area contributed by atoms with E-state index in [4.69, 9.17) is 12.2 Å². The summed E-state index contributed by atoms with van der Waals surface area (Å²) < 4.78 is 2.09. The van der Waals surface area contributed by atoms with Gasteiger partial charge in [-0.3, -0.25) is 18.9 Å². The maximum absolute atomic E-state index is 13.3. The van der Waals surface area contributed by atoms with Crippen molar-refractivity contribution in [1.82, 2.24) is 14.3 Å². The number of carbonyl (C=O) groups is 1. The minimum atomic E-state index is -0.191. The van der Waals surface area contributed by atoms with Crippen molar-refractivity contribution in [2.45, 2.75) is 97.3 Å². The van der Waals surface area contributed by atoms with Crippen molar-refractivity contribution in [3.8, 4) is 0 Å². The molecule has 0 atom stereocenters. The molecule has 1 fully saturated rings. The number of thioether (sulfide) groups is 1. The molecule has 8 heteroatoms. The molecule has 0 spiro atoms. The van der Waals surface area contributed by atoms with Gasteiger partial charge in [0.2, 0.25) is 0 Å². The summed E-state index contributed by atoms with van der Waals surface area (Å²) >= 11 is 6.81. The first kappa shape index (κ1) is 29.4. The molecule has 0 saturated carbocycles. The van der Waals surface area contributed by atoms with Crippen LogP contribution in [0.3, 0.4) is 0 Å². The summed E-state index contributed by atoms with van der Waals surface area (Å²) in [6, 6.07) is 5.48. The number of amides is 1. The maximum Gasteiger partial charge on any atom is 0.267 e. The summed E-state index contributed by atoms with van der Waals surface area (Å²) in [6.07, 6.45) is 19.1. The summed E-state index contributed by atoms with van der Waals surface area (Å²) in [7, 11) is 0. The van der Waals surface area contributed by atoms with Crippen LogP contribution in [0.1, 0.15) is 103 Å². The van der Waals surface area contributed by atoms with Crippen molar-refractivity contribution in [2.24, 2.45) is 0 Å². The molecule has 3 rings (SSSR count). The number of thiocarbonyl (C=S) groups is 1. The highest BCUT2D eigenvalue weighted by Gasteiger charge is 2.32. The number of fused-ring (bicyclic) bond motifs is 1. The van der Waals surface area contributed by atoms with Gasteiger partial charge in [-0.1, -0.05) is 115 Å². The molecule has 2 aromatic rings. The number of nitrogens with one attached hydrogen (secondary N) is 1. The highest BCUT2D eigenvalue weighted by Crippen LogP contribution is 2.33. The first-order valence-corrected chi connectivity index (χ1v) is 15.3. The Morgan fingerprint density at radius 3 is 2.27 bits per heavy atom. The fraction of sp³-hybridized carbons (Fsp3) is 0.586. The SMILES string of the molecule is CCCCCCCCCCCCN1C(=O)/C(=C\c2c(NCCCCC)nc3ccccn3c2=O)SC1=S. The predicted molar refractivity (Wildman–Crippen MR) is 161 cm³/mol. The van der Waals surface area contributed by atoms with E-state index in [1.165, 1.54) is 67.5 Å². The molecule has 0 aromatic carbocycles. The van der Waals surface area contributed by atoms with Crippen LogP contribution in [0, 0.1) is 0 Å². The second kappa shape index (κ2) is 15.9. The van der Waals surface area contributed by atoms with Gasteiger partial charge in [-0.15, -0.1) is 0 Å². The smallest absolute Gasteiger partial charge is 0.267 e. The van der Waals surface area contributed by atoms with E-state index in [0.29, 0.717) is 32.8 Å². The van der Waals surface area contributed by atoms with Crippen molar-refractivity contribution in [2.75, 3.05) is 18.4 Å². The first-order chi connectivity index (χ1) is 18.1. The molecule has 6 nitrogen and oxygen atoms in total. The maximum atomic E-state index is 13.3. The number of aromatic nitrogens is 2. The molecule has 0 unspecified atom stereocenters. The van der Waals surface area contributed by atoms with Crippen LogP contribution in [0.15, 0.2) is 34.1 Å². The van der Waals surface area contributed by atoms with Gasteiger partial charge in [-0.2, -0.15) is 0 Å². The number of nitrogens with zero attached hydrogens (tertiary/aromatic N) is 3. The van der Waals surface area contributed by atoms with Crippen LogP contribution >= 0.6 is 24.0 Å². The molecule has 3 heterocycles. The number of anilines is 1. The van der Waals surface area contributed by atoms with Crippen molar-refractivity contribution in [1.29, 1.82) is 0 Å². The molecule has 37 heavy (non-hydrogen) atoms. The fourth-order valence-electron chi connectivity index (χ4n) is 4.53. The van der Waals surface area contributed by atoms with Crippen LogP contribution in [-0.4, -0.2) is 37.6 Å². The molecule has 1 aliphatic heterocycles. The fourth-order valence-corrected chi connectivity index (χ4v) is 5.82. The molecule has 1 amide bonds. The van der Waals surface area contributed by atoms with Gasteiger partial charge in [0.15, 0.2) is 0 Å². The van der Waals surface area contributed by atoms with E-state index in [9.17, 15) is 9.59 Å². The zero-order chi connectivity index (χ0) is 26.5. The molecule has 0 radical (unpaired) electrons. The van der Waals surface area contributed by atoms with Gasteiger partial charge in [0, 0.05) is 19.3 Å². The van der Waals surface area contributed by atoms with Crippen molar-refractivity contribution in [3.05, 3.63) is 45.2 Å². The van der Waals surface area contributed by atoms with E-state index in [0.717, 1.165) is 38.6 Å². The molecule has 2 aromatic heterocycles. The largest absolute Gasteiger partial charge is 0.369 e. The summed E-state index contributed by atoms with van der Waals surface area (Å²) in [5.41, 5.74) is 0.791. The third kappa shape index (κ3) is 8.67. The Hall–Kier alpha value is -2.19. The van der Waals surface area contributed by atoms with Gasteiger partial charge in [-0.25, -0.2) is 4.98 Å². The molecule has 0 aliphatic carbocycles. The van der Waals surface area contributed by atoms with Crippen LogP contribution in [-0.2, 0) is 4.79 Å². The van der Waals surface area contributed by atoms with E-state index >= 15 is 0 Å². The molecule has 1 aliphatic rings. The monoisotopic (exact) mass is 542 g/mol. The minimum absolute atomic E-state index is 0.111. The van der Waals surface area contributed by atoms with Crippen LogP contribution < -0.4 is 10.9 Å². The Kier molecular flexibility index (Phi) is 12.6. The Bertz CT molecular complexity index is 1130. The van der Waals surface area contributed by atoms with Crippen LogP contribution in [0.5, 0.6) is 0 Å². The van der Waals surface area contributed by atoms with Crippen LogP contribution in [0.25, 0.3) is 11.7 Å². The van der Waals surface area contributed by atoms with E-state index in [1.54, 1.807) is 23.2 Å². The quantitative estimate of drug-likeness (QED) is 0.127. The summed E-state index contributed by atoms with van der Waals surface area (Å²) in [5, 5.41) is 3.33. The van der Waals surface area contributed by atoms with E-state index in [2.05, 4.69) is 24.1 Å². The zero-order valence-corrected chi connectivity index (χ0v) is 24.1. The average Bonchev–Trinajstić information content (AvgIpc) is 3.17. The van der Waals surface area contributed by atoms with Crippen LogP contribution in [0.2, 0.25) is 0 Å². The van der Waals surface area contributed by atoms with Crippen molar-refractivity contribution in [3.63, 3.8) is 0 Å². The molecule has 1 saturated heterocycles. The van der Waals surface area contributed by atoms with E-state index in [-0.39, 0.29) is 11.5 Å². The number of carbonyl (C=O) groups excluding carboxylic acids is 1. The Morgan fingerprint density at radius 1 is 0.919 bits per heavy atom. The van der Waals surface area contributed by atoms with Crippen molar-refractivity contribution < 1.29 is 4.79 Å². The molecule has 0 bridgehead atoms. The van der Waals surface area contributed by atoms with E-state index in [1.807, 2.05) is 12.1 Å². The number of hydrogen-bond acceptors (Lipinski definition) is 6. The number of rotatable bonds is 17. The third-order valence-corrected chi connectivity index (χ3v) is 8.10.